The predicted molar refractivity (Wildman–Crippen MR) is 202 cm³/mol. The normalized spacial score (nSPS) is 27.4. The van der Waals surface area contributed by atoms with Gasteiger partial charge in [-0.3, -0.25) is 9.59 Å². The van der Waals surface area contributed by atoms with E-state index in [1.54, 1.807) is 24.3 Å². The molecule has 0 radical (unpaired) electrons. The van der Waals surface area contributed by atoms with Crippen molar-refractivity contribution in [2.75, 3.05) is 13.7 Å². The Hall–Kier alpha value is -4.59. The predicted octanol–water partition coefficient (Wildman–Crippen LogP) is 6.33. The van der Waals surface area contributed by atoms with Gasteiger partial charge in [-0.05, 0) is 61.0 Å². The number of nitrogens with one attached hydrogen (secondary N) is 2. The second-order valence-corrected chi connectivity index (χ2v) is 17.4. The van der Waals surface area contributed by atoms with Crippen molar-refractivity contribution < 1.29 is 43.0 Å². The quantitative estimate of drug-likeness (QED) is 0.187. The third kappa shape index (κ3) is 7.53. The van der Waals surface area contributed by atoms with Crippen LogP contribution in [0, 0.1) is 23.2 Å². The molecule has 3 amide bonds. The number of carboxylic acid groups (broad SMARTS) is 1. The van der Waals surface area contributed by atoms with Crippen LogP contribution in [0.2, 0.25) is 5.02 Å². The number of aliphatic carboxylic acids is 1. The Morgan fingerprint density at radius 3 is 2.38 bits per heavy atom. The number of alkyl carbamates (subject to hydrolysis) is 1. The molecule has 14 nitrogen and oxygen atoms in total. The first-order valence-corrected chi connectivity index (χ1v) is 19.5. The zero-order chi connectivity index (χ0) is 39.6. The standard InChI is InChI=1S/C40H50ClN5O9/c1-8-22-17-40(22,37(49)50)44-35(47)28-14-24(18-46(28)36(48)34(39(4,5)6)43-38(51)54-23-12-20-11-21(20)13-23)53-31-15-26(27-16-30(19(2)3)55-45-27)42-33-25(31)9-10-29(52-7)32(33)41/h9-10,15-16,19-24,28,34H,8,11-14,17-18H2,1-7H3,(H,43,51)(H,44,47)(H,49,50)/t20-,21+,22-,23?,24-,28+,34-,40-/m1/s1. The molecule has 296 valence electrons. The van der Waals surface area contributed by atoms with Gasteiger partial charge in [-0.25, -0.2) is 14.6 Å². The summed E-state index contributed by atoms with van der Waals surface area (Å²) < 4.78 is 23.5. The van der Waals surface area contributed by atoms with E-state index in [9.17, 15) is 24.3 Å². The van der Waals surface area contributed by atoms with Crippen molar-refractivity contribution in [2.24, 2.45) is 23.2 Å². The lowest BCUT2D eigenvalue weighted by molar-refractivity contribution is -0.146. The number of carbonyl (C=O) groups is 4. The van der Waals surface area contributed by atoms with E-state index in [-0.39, 0.29) is 35.9 Å². The molecule has 4 aliphatic rings. The number of ether oxygens (including phenoxy) is 3. The maximum atomic E-state index is 14.6. The van der Waals surface area contributed by atoms with Crippen LogP contribution < -0.4 is 20.1 Å². The highest BCUT2D eigenvalue weighted by atomic mass is 35.5. The van der Waals surface area contributed by atoms with Gasteiger partial charge in [0.05, 0.1) is 24.9 Å². The molecule has 0 bridgehead atoms. The van der Waals surface area contributed by atoms with Crippen molar-refractivity contribution in [1.29, 1.82) is 0 Å². The zero-order valence-corrected chi connectivity index (χ0v) is 33.1. The highest BCUT2D eigenvalue weighted by molar-refractivity contribution is 6.36. The maximum Gasteiger partial charge on any atom is 0.408 e. The number of nitrogens with zero attached hydrogens (tertiary/aromatic N) is 3. The van der Waals surface area contributed by atoms with Gasteiger partial charge in [0.1, 0.15) is 57.8 Å². The molecule has 2 aromatic heterocycles. The second kappa shape index (κ2) is 14.5. The van der Waals surface area contributed by atoms with E-state index in [0.29, 0.717) is 64.2 Å². The van der Waals surface area contributed by atoms with E-state index in [0.717, 1.165) is 12.8 Å². The summed E-state index contributed by atoms with van der Waals surface area (Å²) in [5.74, 6) is 0.275. The average molecular weight is 780 g/mol. The molecule has 7 rings (SSSR count). The van der Waals surface area contributed by atoms with Gasteiger partial charge in [0.25, 0.3) is 0 Å². The molecule has 1 saturated heterocycles. The Bertz CT molecular complexity index is 2000. The summed E-state index contributed by atoms with van der Waals surface area (Å²) >= 11 is 6.79. The maximum absolute atomic E-state index is 14.6. The van der Waals surface area contributed by atoms with Gasteiger partial charge >= 0.3 is 12.1 Å². The Labute approximate surface area is 324 Å². The van der Waals surface area contributed by atoms with Crippen LogP contribution in [0.5, 0.6) is 11.5 Å². The summed E-state index contributed by atoms with van der Waals surface area (Å²) in [6, 6.07) is 4.81. The lowest BCUT2D eigenvalue weighted by Crippen LogP contribution is -2.59. The molecule has 8 atom stereocenters. The Morgan fingerprint density at radius 2 is 1.78 bits per heavy atom. The van der Waals surface area contributed by atoms with Crippen LogP contribution in [0.3, 0.4) is 0 Å². The number of pyridine rings is 1. The topological polar surface area (TPSA) is 182 Å². The van der Waals surface area contributed by atoms with Crippen LogP contribution in [0.1, 0.15) is 91.7 Å². The number of aromatic nitrogens is 2. The monoisotopic (exact) mass is 779 g/mol. The van der Waals surface area contributed by atoms with Gasteiger partial charge in [-0.15, -0.1) is 0 Å². The van der Waals surface area contributed by atoms with Gasteiger partial charge in [-0.1, -0.05) is 64.7 Å². The summed E-state index contributed by atoms with van der Waals surface area (Å²) in [4.78, 5) is 60.6. The van der Waals surface area contributed by atoms with Gasteiger partial charge in [-0.2, -0.15) is 0 Å². The number of hydrogen-bond donors (Lipinski definition) is 3. The number of carboxylic acids is 1. The van der Waals surface area contributed by atoms with Gasteiger partial charge in [0, 0.05) is 29.9 Å². The molecule has 0 spiro atoms. The van der Waals surface area contributed by atoms with Crippen LogP contribution in [0.15, 0.2) is 28.8 Å². The smallest absolute Gasteiger partial charge is 0.408 e. The van der Waals surface area contributed by atoms with Crippen molar-refractivity contribution >= 4 is 46.4 Å². The highest BCUT2D eigenvalue weighted by Gasteiger charge is 2.61. The van der Waals surface area contributed by atoms with Crippen molar-refractivity contribution in [3.63, 3.8) is 0 Å². The van der Waals surface area contributed by atoms with Gasteiger partial charge in [0.15, 0.2) is 0 Å². The highest BCUT2D eigenvalue weighted by Crippen LogP contribution is 2.52. The summed E-state index contributed by atoms with van der Waals surface area (Å²) in [7, 11) is 1.51. The number of benzene rings is 1. The number of hydrogen-bond acceptors (Lipinski definition) is 10. The fourth-order valence-corrected chi connectivity index (χ4v) is 8.58. The van der Waals surface area contributed by atoms with E-state index in [1.807, 2.05) is 41.5 Å². The van der Waals surface area contributed by atoms with E-state index in [1.165, 1.54) is 18.4 Å². The van der Waals surface area contributed by atoms with Crippen LogP contribution in [0.25, 0.3) is 22.3 Å². The molecule has 55 heavy (non-hydrogen) atoms. The molecule has 3 aliphatic carbocycles. The van der Waals surface area contributed by atoms with Crippen LogP contribution in [-0.4, -0.2) is 87.5 Å². The number of likely N-dealkylation sites (tertiary alicyclic amines) is 1. The van der Waals surface area contributed by atoms with Crippen molar-refractivity contribution in [2.45, 2.75) is 116 Å². The van der Waals surface area contributed by atoms with E-state index in [4.69, 9.17) is 35.3 Å². The first kappa shape index (κ1) is 38.7. The molecule has 1 unspecified atom stereocenters. The Kier molecular flexibility index (Phi) is 10.2. The number of halogens is 1. The summed E-state index contributed by atoms with van der Waals surface area (Å²) in [6.07, 6.45) is 2.11. The summed E-state index contributed by atoms with van der Waals surface area (Å²) in [5.41, 5.74) is -0.916. The molecule has 3 aromatic rings. The number of carbonyl (C=O) groups excluding carboxylic acids is 3. The lowest BCUT2D eigenvalue weighted by Gasteiger charge is -2.35. The minimum absolute atomic E-state index is 0.0337. The van der Waals surface area contributed by atoms with Crippen LogP contribution >= 0.6 is 11.6 Å². The minimum Gasteiger partial charge on any atom is -0.495 e. The van der Waals surface area contributed by atoms with Gasteiger partial charge in [0.2, 0.25) is 11.8 Å². The number of amides is 3. The zero-order valence-electron chi connectivity index (χ0n) is 32.3. The fourth-order valence-electron chi connectivity index (χ4n) is 8.30. The number of fused-ring (bicyclic) bond motifs is 2. The third-order valence-electron chi connectivity index (χ3n) is 11.7. The molecular weight excluding hydrogens is 730 g/mol. The lowest BCUT2D eigenvalue weighted by atomic mass is 9.85. The second-order valence-electron chi connectivity index (χ2n) is 17.0. The van der Waals surface area contributed by atoms with E-state index < -0.39 is 53.0 Å². The minimum atomic E-state index is -1.41. The largest absolute Gasteiger partial charge is 0.495 e. The number of methoxy groups -OCH3 is 1. The van der Waals surface area contributed by atoms with E-state index in [2.05, 4.69) is 15.8 Å². The summed E-state index contributed by atoms with van der Waals surface area (Å²) in [6.45, 7) is 11.3. The first-order chi connectivity index (χ1) is 26.0. The Balaban J connectivity index is 1.20. The van der Waals surface area contributed by atoms with E-state index >= 15 is 0 Å². The van der Waals surface area contributed by atoms with Crippen LogP contribution in [-0.2, 0) is 19.1 Å². The average Bonchev–Trinajstić information content (AvgIpc) is 3.77. The third-order valence-corrected chi connectivity index (χ3v) is 12.1. The SMILES string of the molecule is CC[C@@H]1C[C@]1(NC(=O)[C@@H]1C[C@@H](Oc2cc(-c3cc(C(C)C)on3)nc3c(Cl)c(OC)ccc23)CN1C(=O)[C@@H](NC(=O)OC1C[C@@H]2C[C@@H]2C1)C(C)(C)C)C(=O)O. The van der Waals surface area contributed by atoms with Crippen molar-refractivity contribution in [3.05, 3.63) is 35.0 Å². The Morgan fingerprint density at radius 1 is 1.05 bits per heavy atom. The van der Waals surface area contributed by atoms with Crippen LogP contribution in [0.4, 0.5) is 4.79 Å². The van der Waals surface area contributed by atoms with Crippen molar-refractivity contribution in [3.8, 4) is 22.9 Å². The molecule has 1 aliphatic heterocycles. The molecular formula is C40H50ClN5O9. The molecule has 1 aromatic carbocycles. The number of rotatable bonds is 12. The fraction of sp³-hybridized carbons (Fsp3) is 0.600. The van der Waals surface area contributed by atoms with Gasteiger partial charge < -0.3 is 39.4 Å². The molecule has 3 heterocycles. The molecule has 4 fully saturated rings. The van der Waals surface area contributed by atoms with Crippen molar-refractivity contribution in [1.82, 2.24) is 25.7 Å². The molecule has 3 N–H and O–H groups in total. The first-order valence-electron chi connectivity index (χ1n) is 19.2. The summed E-state index contributed by atoms with van der Waals surface area (Å²) in [5, 5.41) is 20.8. The molecule has 15 heteroatoms. The molecule has 3 saturated carbocycles.